The zero-order chi connectivity index (χ0) is 27.7. The van der Waals surface area contributed by atoms with Crippen molar-refractivity contribution in [2.45, 2.75) is 78.6 Å². The Morgan fingerprint density at radius 2 is 2.03 bits per heavy atom. The topological polar surface area (TPSA) is 72.0 Å². The van der Waals surface area contributed by atoms with Crippen molar-refractivity contribution >= 4 is 40.0 Å². The van der Waals surface area contributed by atoms with Gasteiger partial charge in [0.1, 0.15) is 17.4 Å². The monoisotopic (exact) mass is 554 g/mol. The second-order valence-corrected chi connectivity index (χ2v) is 13.7. The molecule has 1 N–H and O–H groups in total. The zero-order valence-corrected chi connectivity index (χ0v) is 24.2. The van der Waals surface area contributed by atoms with Crippen molar-refractivity contribution in [1.82, 2.24) is 9.97 Å². The molecular weight excluding hydrogens is 515 g/mol. The fourth-order valence-corrected chi connectivity index (χ4v) is 10.0. The Morgan fingerprint density at radius 3 is 2.79 bits per heavy atom. The largest absolute Gasteiger partial charge is 0.469 e. The number of Topliss-reactive ketones (excluding diaryl/α,β-unsaturated/α-hetero) is 1. The Kier molecular flexibility index (Phi) is 6.72. The molecular formula is C32H40ClFN2O3. The molecule has 4 aliphatic carbocycles. The van der Waals surface area contributed by atoms with Gasteiger partial charge < -0.3 is 9.72 Å². The molecule has 1 aromatic heterocycles. The molecule has 1 aromatic carbocycles. The minimum atomic E-state index is -0.312. The van der Waals surface area contributed by atoms with E-state index in [1.54, 1.807) is 6.07 Å². The molecule has 39 heavy (non-hydrogen) atoms. The van der Waals surface area contributed by atoms with E-state index in [1.165, 1.54) is 19.2 Å². The molecule has 5 nitrogen and oxygen atoms in total. The predicted octanol–water partition coefficient (Wildman–Crippen LogP) is 7.69. The van der Waals surface area contributed by atoms with Crippen LogP contribution >= 0.6 is 11.6 Å². The highest BCUT2D eigenvalue weighted by Crippen LogP contribution is 2.68. The Bertz CT molecular complexity index is 1350. The number of nitrogens with one attached hydrogen (secondary N) is 1. The number of benzene rings is 1. The summed E-state index contributed by atoms with van der Waals surface area (Å²) in [5.41, 5.74) is 2.15. The van der Waals surface area contributed by atoms with Gasteiger partial charge in [-0.25, -0.2) is 9.37 Å². The first-order valence-electron chi connectivity index (χ1n) is 14.7. The van der Waals surface area contributed by atoms with Gasteiger partial charge in [-0.2, -0.15) is 0 Å². The van der Waals surface area contributed by atoms with Gasteiger partial charge in [0, 0.05) is 28.9 Å². The van der Waals surface area contributed by atoms with Crippen molar-refractivity contribution in [2.24, 2.45) is 46.3 Å². The number of aromatic nitrogens is 2. The Labute approximate surface area is 235 Å². The van der Waals surface area contributed by atoms with Crippen LogP contribution in [0.3, 0.4) is 0 Å². The summed E-state index contributed by atoms with van der Waals surface area (Å²) < 4.78 is 18.8. The molecule has 0 amide bonds. The van der Waals surface area contributed by atoms with Crippen LogP contribution in [0.4, 0.5) is 4.39 Å². The highest BCUT2D eigenvalue weighted by Gasteiger charge is 2.64. The number of aromatic amines is 1. The number of fused-ring (bicyclic) bond motifs is 6. The summed E-state index contributed by atoms with van der Waals surface area (Å²) in [4.78, 5) is 34.2. The summed E-state index contributed by atoms with van der Waals surface area (Å²) in [6.45, 7) is 6.85. The molecule has 1 heterocycles. The Balaban J connectivity index is 1.29. The van der Waals surface area contributed by atoms with Gasteiger partial charge in [0.25, 0.3) is 0 Å². The standard InChI is InChI=1S/C32H40ClFN2O3/c1-17(5-12-28(38)39-4)20-9-10-21-19-7-8-22-29(30-35-25-11-6-18(34)15-26(25)36-30)24(33)13-14-31(22,2)23(19)16-27(37)32(20,21)3/h6,11,15,17,19-23H,5,7-10,12-14,16H2,1-4H3,(H,35,36)/t17-,19-,20+,21-,22+,23-,31-,32+/m0/s1. The molecule has 0 spiro atoms. The number of carbonyl (C=O) groups is 2. The van der Waals surface area contributed by atoms with Crippen LogP contribution < -0.4 is 0 Å². The molecule has 0 bridgehead atoms. The maximum atomic E-state index is 14.2. The van der Waals surface area contributed by atoms with Gasteiger partial charge in [-0.3, -0.25) is 9.59 Å². The quantitative estimate of drug-likeness (QED) is 0.384. The van der Waals surface area contributed by atoms with Crippen LogP contribution in [-0.2, 0) is 14.3 Å². The first-order valence-corrected chi connectivity index (χ1v) is 15.1. The minimum absolute atomic E-state index is 0.0353. The van der Waals surface area contributed by atoms with Gasteiger partial charge in [0.2, 0.25) is 0 Å². The number of hydrogen-bond acceptors (Lipinski definition) is 4. The smallest absolute Gasteiger partial charge is 0.305 e. The lowest BCUT2D eigenvalue weighted by molar-refractivity contribution is -0.153. The number of esters is 1. The van der Waals surface area contributed by atoms with E-state index in [-0.39, 0.29) is 28.5 Å². The second kappa shape index (κ2) is 9.71. The van der Waals surface area contributed by atoms with Crippen LogP contribution in [0.5, 0.6) is 0 Å². The van der Waals surface area contributed by atoms with Crippen molar-refractivity contribution in [3.8, 4) is 0 Å². The van der Waals surface area contributed by atoms with Crippen molar-refractivity contribution in [3.05, 3.63) is 34.9 Å². The number of hydrogen-bond donors (Lipinski definition) is 1. The number of carbonyl (C=O) groups excluding carboxylic acids is 2. The van der Waals surface area contributed by atoms with Crippen molar-refractivity contribution in [3.63, 3.8) is 0 Å². The summed E-state index contributed by atoms with van der Waals surface area (Å²) in [5.74, 6) is 2.81. The lowest BCUT2D eigenvalue weighted by atomic mass is 9.44. The van der Waals surface area contributed by atoms with Crippen LogP contribution in [0.2, 0.25) is 0 Å². The first-order chi connectivity index (χ1) is 18.6. The molecule has 8 atom stereocenters. The van der Waals surface area contributed by atoms with Crippen LogP contribution in [-0.4, -0.2) is 28.8 Å². The molecule has 0 saturated heterocycles. The van der Waals surface area contributed by atoms with Crippen molar-refractivity contribution in [1.29, 1.82) is 0 Å². The summed E-state index contributed by atoms with van der Waals surface area (Å²) >= 11 is 6.94. The lowest BCUT2D eigenvalue weighted by Gasteiger charge is -2.60. The van der Waals surface area contributed by atoms with Crippen LogP contribution in [0.1, 0.15) is 84.4 Å². The van der Waals surface area contributed by atoms with Crippen LogP contribution in [0.15, 0.2) is 23.2 Å². The lowest BCUT2D eigenvalue weighted by Crippen LogP contribution is -2.56. The van der Waals surface area contributed by atoms with Crippen molar-refractivity contribution in [2.75, 3.05) is 7.11 Å². The molecule has 7 heteroatoms. The average molecular weight is 555 g/mol. The maximum Gasteiger partial charge on any atom is 0.305 e. The highest BCUT2D eigenvalue weighted by molar-refractivity contribution is 6.32. The molecule has 4 aliphatic rings. The van der Waals surface area contributed by atoms with Gasteiger partial charge in [-0.1, -0.05) is 32.4 Å². The number of nitrogens with zero attached hydrogens (tertiary/aromatic N) is 1. The number of methoxy groups -OCH3 is 1. The number of halogens is 2. The fraction of sp³-hybridized carbons (Fsp3) is 0.656. The number of rotatable bonds is 5. The first kappa shape index (κ1) is 27.0. The zero-order valence-electron chi connectivity index (χ0n) is 23.5. The molecule has 6 rings (SSSR count). The molecule has 210 valence electrons. The van der Waals surface area contributed by atoms with E-state index in [1.807, 2.05) is 0 Å². The third-order valence-electron chi connectivity index (χ3n) is 11.7. The van der Waals surface area contributed by atoms with Gasteiger partial charge in [0.15, 0.2) is 0 Å². The van der Waals surface area contributed by atoms with E-state index in [0.717, 1.165) is 66.9 Å². The minimum Gasteiger partial charge on any atom is -0.469 e. The molecule has 0 unspecified atom stereocenters. The van der Waals surface area contributed by atoms with Gasteiger partial charge in [-0.15, -0.1) is 0 Å². The third kappa shape index (κ3) is 4.10. The Morgan fingerprint density at radius 1 is 1.23 bits per heavy atom. The Hall–Kier alpha value is -2.21. The molecule has 0 aliphatic heterocycles. The highest BCUT2D eigenvalue weighted by atomic mass is 35.5. The maximum absolute atomic E-state index is 14.2. The van der Waals surface area contributed by atoms with Gasteiger partial charge in [0.05, 0.1) is 18.1 Å². The van der Waals surface area contributed by atoms with E-state index in [4.69, 9.17) is 21.3 Å². The van der Waals surface area contributed by atoms with E-state index in [9.17, 15) is 14.0 Å². The summed E-state index contributed by atoms with van der Waals surface area (Å²) in [6.07, 6.45) is 7.84. The van der Waals surface area contributed by atoms with E-state index in [2.05, 4.69) is 25.8 Å². The van der Waals surface area contributed by atoms with E-state index in [0.29, 0.717) is 53.7 Å². The average Bonchev–Trinajstić information content (AvgIpc) is 3.49. The number of ketones is 1. The molecule has 2 aromatic rings. The normalized spacial score (nSPS) is 36.9. The number of H-pyrrole nitrogens is 1. The number of allylic oxidation sites excluding steroid dienone is 2. The van der Waals surface area contributed by atoms with Crippen molar-refractivity contribution < 1.29 is 18.7 Å². The van der Waals surface area contributed by atoms with Crippen LogP contribution in [0.25, 0.3) is 16.6 Å². The molecule has 3 fully saturated rings. The fourth-order valence-electron chi connectivity index (χ4n) is 9.69. The predicted molar refractivity (Wildman–Crippen MR) is 150 cm³/mol. The summed E-state index contributed by atoms with van der Waals surface area (Å²) in [7, 11) is 1.44. The molecule has 0 radical (unpaired) electrons. The van der Waals surface area contributed by atoms with Crippen LogP contribution in [0, 0.1) is 52.2 Å². The van der Waals surface area contributed by atoms with Gasteiger partial charge >= 0.3 is 5.97 Å². The van der Waals surface area contributed by atoms with E-state index >= 15 is 0 Å². The number of ether oxygens (including phenoxy) is 1. The van der Waals surface area contributed by atoms with E-state index < -0.39 is 0 Å². The summed E-state index contributed by atoms with van der Waals surface area (Å²) in [6, 6.07) is 4.64. The second-order valence-electron chi connectivity index (χ2n) is 13.3. The third-order valence-corrected chi connectivity index (χ3v) is 12.1. The summed E-state index contributed by atoms with van der Waals surface area (Å²) in [5, 5.41) is 0.850. The number of imidazole rings is 1. The van der Waals surface area contributed by atoms with Gasteiger partial charge in [-0.05, 0) is 104 Å². The molecule has 3 saturated carbocycles. The SMILES string of the molecule is COC(=O)CC[C@H](C)[C@H]1CC[C@H]2[C@@H]3CC[C@@H]4C(c5nc6ccc(F)cc6[nH]5)=C(Cl)CC[C@]4(C)[C@H]3CC(=O)[C@]12C.